The minimum Gasteiger partial charge on any atom is -0.258 e. The highest BCUT2D eigenvalue weighted by atomic mass is 35.5. The molecule has 0 N–H and O–H groups in total. The molecule has 0 fully saturated rings. The summed E-state index contributed by atoms with van der Waals surface area (Å²) < 4.78 is 27.3. The van der Waals surface area contributed by atoms with Gasteiger partial charge in [-0.2, -0.15) is 4.31 Å². The van der Waals surface area contributed by atoms with Crippen LogP contribution >= 0.6 is 34.5 Å². The van der Waals surface area contributed by atoms with Crippen molar-refractivity contribution in [3.63, 3.8) is 0 Å². The van der Waals surface area contributed by atoms with E-state index in [4.69, 9.17) is 23.2 Å². The second-order valence-electron chi connectivity index (χ2n) is 4.66. The normalized spacial score (nSPS) is 11.6. The van der Waals surface area contributed by atoms with Gasteiger partial charge in [0.1, 0.15) is 5.02 Å². The van der Waals surface area contributed by atoms with Gasteiger partial charge in [-0.1, -0.05) is 29.3 Å². The number of thiophene rings is 1. The molecule has 2 rings (SSSR count). The van der Waals surface area contributed by atoms with Crippen molar-refractivity contribution in [2.45, 2.75) is 11.4 Å². The number of hydrogen-bond acceptors (Lipinski definition) is 5. The van der Waals surface area contributed by atoms with E-state index in [0.29, 0.717) is 4.34 Å². The van der Waals surface area contributed by atoms with E-state index in [2.05, 4.69) is 6.58 Å². The first-order valence-corrected chi connectivity index (χ1v) is 9.56. The molecule has 6 nitrogen and oxygen atoms in total. The summed E-state index contributed by atoms with van der Waals surface area (Å²) in [4.78, 5) is 10.8. The van der Waals surface area contributed by atoms with Crippen LogP contribution in [0.3, 0.4) is 0 Å². The second kappa shape index (κ2) is 7.62. The largest absolute Gasteiger partial charge is 0.289 e. The molecule has 0 aliphatic heterocycles. The van der Waals surface area contributed by atoms with Crippen molar-refractivity contribution < 1.29 is 13.3 Å². The first-order valence-electron chi connectivity index (χ1n) is 6.55. The summed E-state index contributed by atoms with van der Waals surface area (Å²) in [6.45, 7) is 3.69. The molecule has 128 valence electrons. The van der Waals surface area contributed by atoms with E-state index in [1.54, 1.807) is 12.1 Å². The summed E-state index contributed by atoms with van der Waals surface area (Å²) in [5.74, 6) is 0. The lowest BCUT2D eigenvalue weighted by Crippen LogP contribution is -2.30. The van der Waals surface area contributed by atoms with Crippen LogP contribution < -0.4 is 0 Å². The van der Waals surface area contributed by atoms with Gasteiger partial charge >= 0.3 is 0 Å². The lowest BCUT2D eigenvalue weighted by Gasteiger charge is -2.20. The van der Waals surface area contributed by atoms with E-state index in [0.717, 1.165) is 15.2 Å². The average molecular weight is 407 g/mol. The highest BCUT2D eigenvalue weighted by Crippen LogP contribution is 2.30. The Kier molecular flexibility index (Phi) is 6.00. The van der Waals surface area contributed by atoms with E-state index in [9.17, 15) is 18.5 Å². The molecule has 0 spiro atoms. The third-order valence-corrected chi connectivity index (χ3v) is 6.39. The number of nitrogens with zero attached hydrogens (tertiary/aromatic N) is 2. The highest BCUT2D eigenvalue weighted by molar-refractivity contribution is 7.89. The Balaban J connectivity index is 2.42. The quantitative estimate of drug-likeness (QED) is 0.389. The molecule has 0 amide bonds. The molecule has 0 saturated heterocycles. The fraction of sp³-hybridized carbons (Fsp3) is 0.143. The minimum absolute atomic E-state index is 0.0499. The SMILES string of the molecule is C=CCN(Cc1ccc(Cl)s1)S(=O)(=O)c1ccc(Cl)c([N+](=O)[O-])c1. The summed E-state index contributed by atoms with van der Waals surface area (Å²) in [6.07, 6.45) is 1.44. The van der Waals surface area contributed by atoms with E-state index >= 15 is 0 Å². The first kappa shape index (κ1) is 18.9. The van der Waals surface area contributed by atoms with Crippen molar-refractivity contribution in [1.29, 1.82) is 0 Å². The van der Waals surface area contributed by atoms with Crippen molar-refractivity contribution in [3.8, 4) is 0 Å². The summed E-state index contributed by atoms with van der Waals surface area (Å²) in [5, 5.41) is 10.8. The van der Waals surface area contributed by atoms with E-state index in [1.807, 2.05) is 0 Å². The zero-order chi connectivity index (χ0) is 17.9. The monoisotopic (exact) mass is 406 g/mol. The number of nitro benzene ring substituents is 1. The van der Waals surface area contributed by atoms with Crippen LogP contribution in [-0.2, 0) is 16.6 Å². The van der Waals surface area contributed by atoms with Crippen LogP contribution in [0.15, 0.2) is 47.9 Å². The molecular weight excluding hydrogens is 395 g/mol. The fourth-order valence-electron chi connectivity index (χ4n) is 1.94. The van der Waals surface area contributed by atoms with Crippen molar-refractivity contribution >= 4 is 50.2 Å². The molecule has 10 heteroatoms. The first-order chi connectivity index (χ1) is 11.3. The summed E-state index contributed by atoms with van der Waals surface area (Å²) in [6, 6.07) is 6.79. The van der Waals surface area contributed by atoms with Crippen LogP contribution in [0.5, 0.6) is 0 Å². The predicted octanol–water partition coefficient (Wildman–Crippen LogP) is 4.34. The third-order valence-electron chi connectivity index (χ3n) is 3.05. The van der Waals surface area contributed by atoms with Gasteiger partial charge in [0.2, 0.25) is 10.0 Å². The zero-order valence-electron chi connectivity index (χ0n) is 12.2. The number of benzene rings is 1. The standard InChI is InChI=1S/C14H12Cl2N2O4S2/c1-2-7-17(9-10-3-6-14(16)23-10)24(21,22)11-4-5-12(15)13(8-11)18(19)20/h2-6,8H,1,7,9H2. The predicted molar refractivity (Wildman–Crippen MR) is 95.2 cm³/mol. The van der Waals surface area contributed by atoms with Crippen molar-refractivity contribution in [2.75, 3.05) is 6.54 Å². The highest BCUT2D eigenvalue weighted by Gasteiger charge is 2.27. The van der Waals surface area contributed by atoms with Gasteiger partial charge in [0.15, 0.2) is 0 Å². The number of halogens is 2. The number of hydrogen-bond donors (Lipinski definition) is 0. The molecule has 0 radical (unpaired) electrons. The Hall–Kier alpha value is -1.45. The van der Waals surface area contributed by atoms with Gasteiger partial charge in [0, 0.05) is 24.0 Å². The molecular formula is C14H12Cl2N2O4S2. The van der Waals surface area contributed by atoms with Gasteiger partial charge in [-0.25, -0.2) is 8.42 Å². The van der Waals surface area contributed by atoms with Gasteiger partial charge in [0.05, 0.1) is 14.2 Å². The topological polar surface area (TPSA) is 80.5 Å². The molecule has 1 heterocycles. The molecule has 24 heavy (non-hydrogen) atoms. The fourth-order valence-corrected chi connectivity index (χ4v) is 4.73. The van der Waals surface area contributed by atoms with Gasteiger partial charge in [0.25, 0.3) is 5.69 Å². The molecule has 0 bridgehead atoms. The Morgan fingerprint density at radius 2 is 2.00 bits per heavy atom. The Labute approximate surface area is 153 Å². The van der Waals surface area contributed by atoms with Crippen LogP contribution in [-0.4, -0.2) is 24.2 Å². The second-order valence-corrected chi connectivity index (χ2v) is 8.81. The smallest absolute Gasteiger partial charge is 0.258 e. The maximum atomic E-state index is 12.8. The number of nitro groups is 1. The summed E-state index contributed by atoms with van der Waals surface area (Å²) in [7, 11) is -3.96. The van der Waals surface area contributed by atoms with Crippen LogP contribution in [0.4, 0.5) is 5.69 Å². The van der Waals surface area contributed by atoms with Crippen LogP contribution in [0.25, 0.3) is 0 Å². The van der Waals surface area contributed by atoms with Crippen LogP contribution in [0.1, 0.15) is 4.88 Å². The summed E-state index contributed by atoms with van der Waals surface area (Å²) >= 11 is 12.9. The summed E-state index contributed by atoms with van der Waals surface area (Å²) in [5.41, 5.74) is -0.463. The lowest BCUT2D eigenvalue weighted by atomic mass is 10.3. The van der Waals surface area contributed by atoms with Crippen molar-refractivity contribution in [3.05, 3.63) is 67.3 Å². The Bertz CT molecular complexity index is 881. The zero-order valence-corrected chi connectivity index (χ0v) is 15.3. The van der Waals surface area contributed by atoms with Gasteiger partial charge in [-0.05, 0) is 24.3 Å². The van der Waals surface area contributed by atoms with Gasteiger partial charge in [-0.15, -0.1) is 17.9 Å². The third kappa shape index (κ3) is 4.14. The van der Waals surface area contributed by atoms with Gasteiger partial charge in [-0.3, -0.25) is 10.1 Å². The lowest BCUT2D eigenvalue weighted by molar-refractivity contribution is -0.384. The number of sulfonamides is 1. The molecule has 1 aromatic carbocycles. The van der Waals surface area contributed by atoms with Crippen LogP contribution in [0, 0.1) is 10.1 Å². The van der Waals surface area contributed by atoms with E-state index in [-0.39, 0.29) is 23.0 Å². The Morgan fingerprint density at radius 3 is 2.54 bits per heavy atom. The Morgan fingerprint density at radius 1 is 1.29 bits per heavy atom. The molecule has 1 aromatic heterocycles. The molecule has 0 aliphatic carbocycles. The molecule has 0 aliphatic rings. The van der Waals surface area contributed by atoms with Crippen LogP contribution in [0.2, 0.25) is 9.36 Å². The average Bonchev–Trinajstić information content (AvgIpc) is 2.92. The van der Waals surface area contributed by atoms with E-state index in [1.165, 1.54) is 29.5 Å². The maximum absolute atomic E-state index is 12.8. The molecule has 0 saturated carbocycles. The van der Waals surface area contributed by atoms with Crippen molar-refractivity contribution in [1.82, 2.24) is 4.31 Å². The van der Waals surface area contributed by atoms with Gasteiger partial charge < -0.3 is 0 Å². The minimum atomic E-state index is -3.96. The molecule has 0 atom stereocenters. The number of rotatable bonds is 7. The molecule has 0 unspecified atom stereocenters. The molecule has 2 aromatic rings. The maximum Gasteiger partial charge on any atom is 0.289 e. The van der Waals surface area contributed by atoms with Crippen molar-refractivity contribution in [2.24, 2.45) is 0 Å². The van der Waals surface area contributed by atoms with E-state index < -0.39 is 20.6 Å².